The Balaban J connectivity index is 2.09. The minimum absolute atomic E-state index is 0.122. The number of aliphatic hydroxyl groups excluding tert-OH is 1. The minimum Gasteiger partial charge on any atom is -0.396 e. The Labute approximate surface area is 69.0 Å². The van der Waals surface area contributed by atoms with E-state index in [0.717, 1.165) is 18.9 Å². The summed E-state index contributed by atoms with van der Waals surface area (Å²) in [6.07, 6.45) is 3.63. The number of nitrogens with one attached hydrogen (secondary N) is 1. The zero-order valence-electron chi connectivity index (χ0n) is 7.56. The van der Waals surface area contributed by atoms with Crippen LogP contribution in [0.15, 0.2) is 0 Å². The van der Waals surface area contributed by atoms with Gasteiger partial charge in [0, 0.05) is 12.1 Å². The third-order valence-electron chi connectivity index (χ3n) is 2.30. The van der Waals surface area contributed by atoms with Crippen molar-refractivity contribution in [1.29, 1.82) is 0 Å². The molecule has 0 unspecified atom stereocenters. The van der Waals surface area contributed by atoms with Gasteiger partial charge in [0.25, 0.3) is 0 Å². The Morgan fingerprint density at radius 1 is 1.45 bits per heavy atom. The number of rotatable bonds is 5. The fourth-order valence-electron chi connectivity index (χ4n) is 1.11. The molecule has 0 aliphatic heterocycles. The lowest BCUT2D eigenvalue weighted by atomic mass is 10.0. The summed E-state index contributed by atoms with van der Waals surface area (Å²) in [6, 6.07) is 0. The van der Waals surface area contributed by atoms with E-state index in [0.29, 0.717) is 0 Å². The van der Waals surface area contributed by atoms with Crippen LogP contribution in [0.2, 0.25) is 0 Å². The molecule has 2 heteroatoms. The average Bonchev–Trinajstić information content (AvgIpc) is 2.65. The van der Waals surface area contributed by atoms with E-state index in [4.69, 9.17) is 5.11 Å². The van der Waals surface area contributed by atoms with Crippen molar-refractivity contribution < 1.29 is 5.11 Å². The first-order valence-electron chi connectivity index (χ1n) is 4.50. The monoisotopic (exact) mass is 157 g/mol. The molecule has 1 saturated carbocycles. The maximum Gasteiger partial charge on any atom is 0.0448 e. The summed E-state index contributed by atoms with van der Waals surface area (Å²) in [7, 11) is 0. The second-order valence-electron chi connectivity index (χ2n) is 4.18. The molecule has 66 valence electrons. The van der Waals surface area contributed by atoms with Gasteiger partial charge in [0.15, 0.2) is 0 Å². The topological polar surface area (TPSA) is 32.3 Å². The number of hydrogen-bond acceptors (Lipinski definition) is 2. The maximum absolute atomic E-state index is 8.74. The van der Waals surface area contributed by atoms with Gasteiger partial charge in [-0.2, -0.15) is 0 Å². The molecule has 0 atom stereocenters. The van der Waals surface area contributed by atoms with E-state index in [1.807, 2.05) is 0 Å². The van der Waals surface area contributed by atoms with Gasteiger partial charge in [0.05, 0.1) is 0 Å². The molecule has 11 heavy (non-hydrogen) atoms. The van der Waals surface area contributed by atoms with Gasteiger partial charge in [-0.1, -0.05) is 0 Å². The van der Waals surface area contributed by atoms with E-state index in [-0.39, 0.29) is 12.1 Å². The van der Waals surface area contributed by atoms with Crippen molar-refractivity contribution >= 4 is 0 Å². The average molecular weight is 157 g/mol. The first kappa shape index (κ1) is 9.01. The van der Waals surface area contributed by atoms with Crippen LogP contribution in [0, 0.1) is 5.92 Å². The highest BCUT2D eigenvalue weighted by molar-refractivity contribution is 4.82. The molecule has 2 N–H and O–H groups in total. The van der Waals surface area contributed by atoms with Crippen molar-refractivity contribution in [3.63, 3.8) is 0 Å². The summed E-state index contributed by atoms with van der Waals surface area (Å²) < 4.78 is 0. The summed E-state index contributed by atoms with van der Waals surface area (Å²) >= 11 is 0. The van der Waals surface area contributed by atoms with Crippen molar-refractivity contribution in [3.05, 3.63) is 0 Å². The van der Waals surface area contributed by atoms with Crippen LogP contribution in [-0.2, 0) is 0 Å². The van der Waals surface area contributed by atoms with E-state index in [1.165, 1.54) is 12.8 Å². The Bertz CT molecular complexity index is 119. The molecule has 1 fully saturated rings. The maximum atomic E-state index is 8.74. The molecule has 0 saturated heterocycles. The predicted octanol–water partition coefficient (Wildman–Crippen LogP) is 1.15. The minimum atomic E-state index is 0.122. The summed E-state index contributed by atoms with van der Waals surface area (Å²) in [5, 5.41) is 12.2. The summed E-state index contributed by atoms with van der Waals surface area (Å²) in [4.78, 5) is 0. The molecule has 0 spiro atoms. The van der Waals surface area contributed by atoms with Gasteiger partial charge < -0.3 is 10.4 Å². The molecule has 2 nitrogen and oxygen atoms in total. The van der Waals surface area contributed by atoms with Gasteiger partial charge in [0.2, 0.25) is 0 Å². The third-order valence-corrected chi connectivity index (χ3v) is 2.30. The lowest BCUT2D eigenvalue weighted by molar-refractivity contribution is 0.230. The van der Waals surface area contributed by atoms with Crippen LogP contribution in [0.25, 0.3) is 0 Å². The molecule has 0 bridgehead atoms. The SMILES string of the molecule is CC(C)(CCO)NCC1CC1. The van der Waals surface area contributed by atoms with Crippen LogP contribution >= 0.6 is 0 Å². The van der Waals surface area contributed by atoms with Crippen molar-refractivity contribution in [3.8, 4) is 0 Å². The first-order chi connectivity index (χ1) is 5.14. The lowest BCUT2D eigenvalue weighted by Gasteiger charge is -2.25. The molecular formula is C9H19NO. The van der Waals surface area contributed by atoms with E-state index < -0.39 is 0 Å². The number of aliphatic hydroxyl groups is 1. The zero-order valence-corrected chi connectivity index (χ0v) is 7.56. The van der Waals surface area contributed by atoms with Gasteiger partial charge in [-0.25, -0.2) is 0 Å². The molecule has 1 aliphatic carbocycles. The highest BCUT2D eigenvalue weighted by Crippen LogP contribution is 2.28. The highest BCUT2D eigenvalue weighted by atomic mass is 16.3. The second kappa shape index (κ2) is 3.55. The van der Waals surface area contributed by atoms with Crippen LogP contribution in [0.3, 0.4) is 0 Å². The molecule has 0 aromatic heterocycles. The molecular weight excluding hydrogens is 138 g/mol. The fourth-order valence-corrected chi connectivity index (χ4v) is 1.11. The molecule has 0 heterocycles. The Kier molecular flexibility index (Phi) is 2.90. The van der Waals surface area contributed by atoms with E-state index >= 15 is 0 Å². The third kappa shape index (κ3) is 3.73. The molecule has 0 amide bonds. The van der Waals surface area contributed by atoms with Crippen molar-refractivity contribution in [2.75, 3.05) is 13.2 Å². The number of hydrogen-bond donors (Lipinski definition) is 2. The molecule has 0 aromatic rings. The quantitative estimate of drug-likeness (QED) is 0.627. The van der Waals surface area contributed by atoms with Gasteiger partial charge in [-0.3, -0.25) is 0 Å². The zero-order chi connectivity index (χ0) is 8.32. The molecule has 1 rings (SSSR count). The Morgan fingerprint density at radius 3 is 2.55 bits per heavy atom. The smallest absolute Gasteiger partial charge is 0.0448 e. The highest BCUT2D eigenvalue weighted by Gasteiger charge is 2.24. The van der Waals surface area contributed by atoms with Crippen molar-refractivity contribution in [2.45, 2.75) is 38.6 Å². The first-order valence-corrected chi connectivity index (χ1v) is 4.50. The standard InChI is InChI=1S/C9H19NO/c1-9(2,5-6-11)10-7-8-3-4-8/h8,10-11H,3-7H2,1-2H3. The van der Waals surface area contributed by atoms with Crippen LogP contribution < -0.4 is 5.32 Å². The van der Waals surface area contributed by atoms with Gasteiger partial charge in [-0.15, -0.1) is 0 Å². The lowest BCUT2D eigenvalue weighted by Crippen LogP contribution is -2.41. The normalized spacial score (nSPS) is 18.8. The van der Waals surface area contributed by atoms with Crippen molar-refractivity contribution in [1.82, 2.24) is 5.32 Å². The molecule has 0 aromatic carbocycles. The Hall–Kier alpha value is -0.0800. The Morgan fingerprint density at radius 2 is 2.09 bits per heavy atom. The van der Waals surface area contributed by atoms with E-state index in [1.54, 1.807) is 0 Å². The second-order valence-corrected chi connectivity index (χ2v) is 4.18. The van der Waals surface area contributed by atoms with E-state index in [2.05, 4.69) is 19.2 Å². The molecule has 0 radical (unpaired) electrons. The summed E-state index contributed by atoms with van der Waals surface area (Å²) in [5.74, 6) is 0.924. The van der Waals surface area contributed by atoms with E-state index in [9.17, 15) is 0 Å². The predicted molar refractivity (Wildman–Crippen MR) is 46.5 cm³/mol. The fraction of sp³-hybridized carbons (Fsp3) is 1.00. The molecule has 1 aliphatic rings. The van der Waals surface area contributed by atoms with Crippen LogP contribution in [0.4, 0.5) is 0 Å². The van der Waals surface area contributed by atoms with Gasteiger partial charge in [-0.05, 0) is 45.6 Å². The van der Waals surface area contributed by atoms with Gasteiger partial charge >= 0.3 is 0 Å². The van der Waals surface area contributed by atoms with Crippen molar-refractivity contribution in [2.24, 2.45) is 5.92 Å². The van der Waals surface area contributed by atoms with Gasteiger partial charge in [0.1, 0.15) is 0 Å². The summed E-state index contributed by atoms with van der Waals surface area (Å²) in [6.45, 7) is 5.70. The van der Waals surface area contributed by atoms with Crippen LogP contribution in [0.1, 0.15) is 33.1 Å². The summed E-state index contributed by atoms with van der Waals surface area (Å²) in [5.41, 5.74) is 0.122. The van der Waals surface area contributed by atoms with Crippen LogP contribution in [0.5, 0.6) is 0 Å². The largest absolute Gasteiger partial charge is 0.396 e. The van der Waals surface area contributed by atoms with Crippen LogP contribution in [-0.4, -0.2) is 23.8 Å².